The molecule has 0 unspecified atom stereocenters. The summed E-state index contributed by atoms with van der Waals surface area (Å²) in [4.78, 5) is 7.60. The van der Waals surface area contributed by atoms with E-state index in [1.165, 1.54) is 0 Å². The Hall–Kier alpha value is -1.13. The van der Waals surface area contributed by atoms with Crippen LogP contribution in [-0.4, -0.2) is 9.97 Å². The molecule has 0 aliphatic rings. The van der Waals surface area contributed by atoms with Gasteiger partial charge in [-0.25, -0.2) is 4.98 Å². The predicted molar refractivity (Wildman–Crippen MR) is 64.4 cm³/mol. The fourth-order valence-electron chi connectivity index (χ4n) is 1.56. The number of H-pyrrole nitrogens is 1. The number of nitrogens with zero attached hydrogens (tertiary/aromatic N) is 1. The van der Waals surface area contributed by atoms with Gasteiger partial charge in [0.15, 0.2) is 0 Å². The number of benzene rings is 1. The first-order valence-corrected chi connectivity index (χ1v) is 5.51. The largest absolute Gasteiger partial charge is 0.345 e. The van der Waals surface area contributed by atoms with Crippen molar-refractivity contribution < 1.29 is 0 Å². The zero-order chi connectivity index (χ0) is 10.8. The molecule has 0 saturated heterocycles. The average Bonchev–Trinajstić information content (AvgIpc) is 2.59. The highest BCUT2D eigenvalue weighted by Crippen LogP contribution is 2.24. The normalized spacial score (nSPS) is 10.6. The molecule has 0 radical (unpaired) electrons. The summed E-state index contributed by atoms with van der Waals surface area (Å²) in [7, 11) is 0. The Labute approximate surface area is 96.9 Å². The van der Waals surface area contributed by atoms with Crippen LogP contribution < -0.4 is 5.73 Å². The Morgan fingerprint density at radius 1 is 1.47 bits per heavy atom. The second-order valence-electron chi connectivity index (χ2n) is 3.36. The topological polar surface area (TPSA) is 54.7 Å². The van der Waals surface area contributed by atoms with E-state index in [0.717, 1.165) is 27.2 Å². The molecule has 1 aromatic carbocycles. The molecule has 15 heavy (non-hydrogen) atoms. The maximum absolute atomic E-state index is 5.66. The zero-order valence-electron chi connectivity index (χ0n) is 8.42. The summed E-state index contributed by atoms with van der Waals surface area (Å²) < 4.78 is 1.05. The van der Waals surface area contributed by atoms with E-state index in [1.54, 1.807) is 0 Å². The second kappa shape index (κ2) is 4.16. The van der Waals surface area contributed by atoms with E-state index in [1.807, 2.05) is 31.2 Å². The van der Waals surface area contributed by atoms with Crippen LogP contribution in [0.15, 0.2) is 28.7 Å². The minimum atomic E-state index is 0.475. The molecule has 78 valence electrons. The summed E-state index contributed by atoms with van der Waals surface area (Å²) in [6, 6.07) is 8.04. The van der Waals surface area contributed by atoms with Crippen LogP contribution in [0, 0.1) is 6.92 Å². The number of nitrogens with one attached hydrogen (secondary N) is 1. The van der Waals surface area contributed by atoms with E-state index in [2.05, 4.69) is 25.9 Å². The lowest BCUT2D eigenvalue weighted by Crippen LogP contribution is -1.98. The van der Waals surface area contributed by atoms with Crippen molar-refractivity contribution in [1.29, 1.82) is 0 Å². The SMILES string of the molecule is Cc1nc(-c2cccc(Br)c2)c(CN)[nH]1. The van der Waals surface area contributed by atoms with E-state index in [9.17, 15) is 0 Å². The lowest BCUT2D eigenvalue weighted by Gasteiger charge is -2.00. The number of hydrogen-bond donors (Lipinski definition) is 2. The Morgan fingerprint density at radius 2 is 2.27 bits per heavy atom. The molecule has 0 atom stereocenters. The van der Waals surface area contributed by atoms with Crippen LogP contribution >= 0.6 is 15.9 Å². The van der Waals surface area contributed by atoms with Gasteiger partial charge in [0.1, 0.15) is 5.82 Å². The van der Waals surface area contributed by atoms with Gasteiger partial charge in [-0.05, 0) is 19.1 Å². The molecule has 1 heterocycles. The molecule has 0 spiro atoms. The van der Waals surface area contributed by atoms with Crippen molar-refractivity contribution in [2.75, 3.05) is 0 Å². The van der Waals surface area contributed by atoms with Gasteiger partial charge in [0.25, 0.3) is 0 Å². The quantitative estimate of drug-likeness (QED) is 0.877. The van der Waals surface area contributed by atoms with Crippen LogP contribution in [0.1, 0.15) is 11.5 Å². The maximum atomic E-state index is 5.66. The van der Waals surface area contributed by atoms with Crippen molar-refractivity contribution in [3.05, 3.63) is 40.3 Å². The van der Waals surface area contributed by atoms with Crippen molar-refractivity contribution in [2.24, 2.45) is 5.73 Å². The summed E-state index contributed by atoms with van der Waals surface area (Å²) in [5.41, 5.74) is 8.65. The molecule has 2 rings (SSSR count). The molecule has 0 saturated carbocycles. The summed E-state index contributed by atoms with van der Waals surface area (Å²) in [5, 5.41) is 0. The van der Waals surface area contributed by atoms with Crippen LogP contribution in [0.25, 0.3) is 11.3 Å². The number of aromatic nitrogens is 2. The summed E-state index contributed by atoms with van der Waals surface area (Å²) >= 11 is 3.44. The first kappa shape index (κ1) is 10.4. The predicted octanol–water partition coefficient (Wildman–Crippen LogP) is 2.61. The highest BCUT2D eigenvalue weighted by molar-refractivity contribution is 9.10. The Morgan fingerprint density at radius 3 is 2.93 bits per heavy atom. The number of aryl methyl sites for hydroxylation is 1. The van der Waals surface area contributed by atoms with Gasteiger partial charge >= 0.3 is 0 Å². The fraction of sp³-hybridized carbons (Fsp3) is 0.182. The van der Waals surface area contributed by atoms with Gasteiger partial charge in [0.05, 0.1) is 11.4 Å². The monoisotopic (exact) mass is 265 g/mol. The zero-order valence-corrected chi connectivity index (χ0v) is 10.0. The molecule has 2 aromatic rings. The molecule has 0 aliphatic carbocycles. The van der Waals surface area contributed by atoms with Gasteiger partial charge in [-0.1, -0.05) is 28.1 Å². The van der Waals surface area contributed by atoms with E-state index in [-0.39, 0.29) is 0 Å². The Kier molecular flexibility index (Phi) is 2.88. The summed E-state index contributed by atoms with van der Waals surface area (Å²) in [6.07, 6.45) is 0. The molecule has 0 amide bonds. The van der Waals surface area contributed by atoms with Crippen LogP contribution in [0.2, 0.25) is 0 Å². The molecule has 1 aromatic heterocycles. The number of hydrogen-bond acceptors (Lipinski definition) is 2. The van der Waals surface area contributed by atoms with Crippen molar-refractivity contribution in [2.45, 2.75) is 13.5 Å². The third-order valence-corrected chi connectivity index (χ3v) is 2.69. The summed E-state index contributed by atoms with van der Waals surface area (Å²) in [6.45, 7) is 2.41. The second-order valence-corrected chi connectivity index (χ2v) is 4.28. The van der Waals surface area contributed by atoms with E-state index < -0.39 is 0 Å². The third kappa shape index (κ3) is 2.11. The van der Waals surface area contributed by atoms with Crippen LogP contribution in [0.5, 0.6) is 0 Å². The Balaban J connectivity index is 2.53. The Bertz CT molecular complexity index is 476. The number of rotatable bonds is 2. The van der Waals surface area contributed by atoms with Crippen LogP contribution in [0.3, 0.4) is 0 Å². The first-order chi connectivity index (χ1) is 7.20. The fourth-order valence-corrected chi connectivity index (χ4v) is 1.96. The minimum Gasteiger partial charge on any atom is -0.345 e. The lowest BCUT2D eigenvalue weighted by atomic mass is 10.1. The third-order valence-electron chi connectivity index (χ3n) is 2.20. The number of nitrogens with two attached hydrogens (primary N) is 1. The summed E-state index contributed by atoms with van der Waals surface area (Å²) in [5.74, 6) is 0.894. The molecule has 0 fully saturated rings. The van der Waals surface area contributed by atoms with E-state index in [0.29, 0.717) is 6.54 Å². The van der Waals surface area contributed by atoms with Crippen molar-refractivity contribution in [3.8, 4) is 11.3 Å². The van der Waals surface area contributed by atoms with Gasteiger partial charge in [0.2, 0.25) is 0 Å². The van der Waals surface area contributed by atoms with Gasteiger partial charge in [0, 0.05) is 16.6 Å². The van der Waals surface area contributed by atoms with Gasteiger partial charge in [-0.3, -0.25) is 0 Å². The van der Waals surface area contributed by atoms with Crippen molar-refractivity contribution >= 4 is 15.9 Å². The van der Waals surface area contributed by atoms with Crippen molar-refractivity contribution in [1.82, 2.24) is 9.97 Å². The molecular formula is C11H12BrN3. The van der Waals surface area contributed by atoms with Crippen LogP contribution in [0.4, 0.5) is 0 Å². The van der Waals surface area contributed by atoms with Gasteiger partial charge in [-0.2, -0.15) is 0 Å². The van der Waals surface area contributed by atoms with Crippen LogP contribution in [-0.2, 0) is 6.54 Å². The first-order valence-electron chi connectivity index (χ1n) is 4.72. The molecule has 3 nitrogen and oxygen atoms in total. The maximum Gasteiger partial charge on any atom is 0.103 e. The highest BCUT2D eigenvalue weighted by Gasteiger charge is 2.08. The van der Waals surface area contributed by atoms with Gasteiger partial charge in [-0.15, -0.1) is 0 Å². The average molecular weight is 266 g/mol. The molecular weight excluding hydrogens is 254 g/mol. The minimum absolute atomic E-state index is 0.475. The molecule has 0 aliphatic heterocycles. The lowest BCUT2D eigenvalue weighted by molar-refractivity contribution is 0.998. The molecule has 0 bridgehead atoms. The van der Waals surface area contributed by atoms with E-state index >= 15 is 0 Å². The van der Waals surface area contributed by atoms with E-state index in [4.69, 9.17) is 5.73 Å². The highest BCUT2D eigenvalue weighted by atomic mass is 79.9. The number of aromatic amines is 1. The number of imidazole rings is 1. The molecule has 4 heteroatoms. The standard InChI is InChI=1S/C11H12BrN3/c1-7-14-10(6-13)11(15-7)8-3-2-4-9(12)5-8/h2-5H,6,13H2,1H3,(H,14,15). The molecule has 3 N–H and O–H groups in total. The number of halogens is 1. The van der Waals surface area contributed by atoms with Crippen molar-refractivity contribution in [3.63, 3.8) is 0 Å². The van der Waals surface area contributed by atoms with Gasteiger partial charge < -0.3 is 10.7 Å². The smallest absolute Gasteiger partial charge is 0.103 e.